The lowest BCUT2D eigenvalue weighted by Gasteiger charge is -2.11. The molecule has 1 heterocycles. The number of thiazole rings is 1. The van der Waals surface area contributed by atoms with Gasteiger partial charge in [-0.05, 0) is 61.4 Å². The highest BCUT2D eigenvalue weighted by Gasteiger charge is 2.16. The van der Waals surface area contributed by atoms with Crippen molar-refractivity contribution in [2.24, 2.45) is 0 Å². The molecule has 3 aromatic carbocycles. The van der Waals surface area contributed by atoms with Crippen LogP contribution in [0.3, 0.4) is 0 Å². The normalized spacial score (nSPS) is 11.6. The molecule has 1 aromatic heterocycles. The highest BCUT2D eigenvalue weighted by atomic mass is 35.5. The summed E-state index contributed by atoms with van der Waals surface area (Å²) in [6, 6.07) is 16.6. The topological polar surface area (TPSA) is 68.3 Å². The van der Waals surface area contributed by atoms with Crippen LogP contribution in [0.5, 0.6) is 5.75 Å². The van der Waals surface area contributed by atoms with E-state index < -0.39 is 10.0 Å². The van der Waals surface area contributed by atoms with Gasteiger partial charge in [-0.3, -0.25) is 4.72 Å². The average Bonchev–Trinajstić information content (AvgIpc) is 3.13. The van der Waals surface area contributed by atoms with Crippen molar-refractivity contribution in [2.75, 3.05) is 11.8 Å². The molecule has 0 aliphatic heterocycles. The summed E-state index contributed by atoms with van der Waals surface area (Å²) in [5.74, 6) is 0.668. The maximum Gasteiger partial charge on any atom is 0.236 e. The second-order valence-corrected chi connectivity index (χ2v) is 10.5. The van der Waals surface area contributed by atoms with Crippen LogP contribution in [-0.4, -0.2) is 20.5 Å². The summed E-state index contributed by atoms with van der Waals surface area (Å²) >= 11 is 8.00. The number of halogens is 1. The molecule has 1 N–H and O–H groups in total. The van der Waals surface area contributed by atoms with Crippen molar-refractivity contribution in [3.05, 3.63) is 76.3 Å². The van der Waals surface area contributed by atoms with Crippen LogP contribution >= 0.6 is 22.9 Å². The Morgan fingerprint density at radius 1 is 1.06 bits per heavy atom. The molecule has 0 spiro atoms. The molecule has 160 valence electrons. The quantitative estimate of drug-likeness (QED) is 0.363. The minimum atomic E-state index is -3.58. The Morgan fingerprint density at radius 2 is 1.87 bits per heavy atom. The highest BCUT2D eigenvalue weighted by molar-refractivity contribution is 7.91. The summed E-state index contributed by atoms with van der Waals surface area (Å²) in [5, 5.41) is 1.19. The molecule has 0 saturated heterocycles. The van der Waals surface area contributed by atoms with Crippen molar-refractivity contribution in [3.63, 3.8) is 0 Å². The predicted molar refractivity (Wildman–Crippen MR) is 129 cm³/mol. The van der Waals surface area contributed by atoms with E-state index >= 15 is 0 Å². The number of anilines is 1. The maximum absolute atomic E-state index is 12.7. The lowest BCUT2D eigenvalue weighted by Crippen LogP contribution is -2.15. The van der Waals surface area contributed by atoms with E-state index in [0.717, 1.165) is 43.2 Å². The van der Waals surface area contributed by atoms with E-state index in [2.05, 4.69) is 9.71 Å². The number of benzene rings is 3. The number of hydrogen-bond acceptors (Lipinski definition) is 5. The standard InChI is InChI=1S/C23H21ClN2O3S2/c1-14-4-5-15(2)16(10-14)13-31(27,28)26-17-6-8-19(20(24)11-17)23-25-21-9-7-18(29-3)12-22(21)30-23/h4-12,26H,13H2,1-3H3. The first-order valence-electron chi connectivity index (χ1n) is 9.55. The van der Waals surface area contributed by atoms with Crippen molar-refractivity contribution < 1.29 is 13.2 Å². The smallest absolute Gasteiger partial charge is 0.236 e. The van der Waals surface area contributed by atoms with Gasteiger partial charge in [-0.25, -0.2) is 13.4 Å². The molecule has 0 aliphatic carbocycles. The summed E-state index contributed by atoms with van der Waals surface area (Å²) in [6.45, 7) is 3.85. The number of methoxy groups -OCH3 is 1. The van der Waals surface area contributed by atoms with Gasteiger partial charge in [0, 0.05) is 5.56 Å². The molecular formula is C23H21ClN2O3S2. The largest absolute Gasteiger partial charge is 0.497 e. The van der Waals surface area contributed by atoms with Gasteiger partial charge in [0.05, 0.1) is 33.8 Å². The Hall–Kier alpha value is -2.61. The van der Waals surface area contributed by atoms with Gasteiger partial charge in [0.1, 0.15) is 10.8 Å². The van der Waals surface area contributed by atoms with Gasteiger partial charge in [-0.1, -0.05) is 35.4 Å². The van der Waals surface area contributed by atoms with Crippen LogP contribution in [0.15, 0.2) is 54.6 Å². The van der Waals surface area contributed by atoms with E-state index in [1.807, 2.05) is 50.2 Å². The maximum atomic E-state index is 12.7. The van der Waals surface area contributed by atoms with Gasteiger partial charge in [0.15, 0.2) is 0 Å². The average molecular weight is 473 g/mol. The minimum absolute atomic E-state index is 0.0976. The summed E-state index contributed by atoms with van der Waals surface area (Å²) in [7, 11) is -1.96. The number of aryl methyl sites for hydroxylation is 2. The highest BCUT2D eigenvalue weighted by Crippen LogP contribution is 2.37. The minimum Gasteiger partial charge on any atom is -0.497 e. The van der Waals surface area contributed by atoms with Gasteiger partial charge in [0.2, 0.25) is 10.0 Å². The van der Waals surface area contributed by atoms with E-state index in [9.17, 15) is 8.42 Å². The van der Waals surface area contributed by atoms with Crippen molar-refractivity contribution in [1.29, 1.82) is 0 Å². The van der Waals surface area contributed by atoms with Crippen molar-refractivity contribution in [3.8, 4) is 16.3 Å². The van der Waals surface area contributed by atoms with Gasteiger partial charge in [0.25, 0.3) is 0 Å². The molecule has 0 saturated carbocycles. The van der Waals surface area contributed by atoms with Gasteiger partial charge >= 0.3 is 0 Å². The fourth-order valence-electron chi connectivity index (χ4n) is 3.28. The third-order valence-corrected chi connectivity index (χ3v) is 7.52. The second-order valence-electron chi connectivity index (χ2n) is 7.34. The number of rotatable bonds is 6. The van der Waals surface area contributed by atoms with Crippen molar-refractivity contribution in [1.82, 2.24) is 4.98 Å². The van der Waals surface area contributed by atoms with Crippen molar-refractivity contribution >= 4 is 48.9 Å². The number of aromatic nitrogens is 1. The number of hydrogen-bond donors (Lipinski definition) is 1. The van der Waals surface area contributed by atoms with Crippen LogP contribution in [0, 0.1) is 13.8 Å². The monoisotopic (exact) mass is 472 g/mol. The molecule has 0 aliphatic rings. The van der Waals surface area contributed by atoms with Crippen LogP contribution < -0.4 is 9.46 Å². The first-order chi connectivity index (χ1) is 14.7. The fraction of sp³-hybridized carbons (Fsp3) is 0.174. The molecular weight excluding hydrogens is 452 g/mol. The first kappa shape index (κ1) is 21.6. The SMILES string of the molecule is COc1ccc2nc(-c3ccc(NS(=O)(=O)Cc4cc(C)ccc4C)cc3Cl)sc2c1. The third kappa shape index (κ3) is 4.84. The molecule has 0 atom stereocenters. The molecule has 31 heavy (non-hydrogen) atoms. The van der Waals surface area contributed by atoms with E-state index in [1.54, 1.807) is 25.3 Å². The van der Waals surface area contributed by atoms with Gasteiger partial charge in [-0.15, -0.1) is 11.3 Å². The molecule has 0 unspecified atom stereocenters. The summed E-state index contributed by atoms with van der Waals surface area (Å²) in [6.07, 6.45) is 0. The Labute approximate surface area is 190 Å². The Balaban J connectivity index is 1.58. The van der Waals surface area contributed by atoms with Gasteiger partial charge in [-0.2, -0.15) is 0 Å². The lowest BCUT2D eigenvalue weighted by atomic mass is 10.1. The summed E-state index contributed by atoms with van der Waals surface area (Å²) in [5.41, 5.74) is 4.77. The van der Waals surface area contributed by atoms with Crippen LogP contribution in [0.1, 0.15) is 16.7 Å². The number of nitrogens with zero attached hydrogens (tertiary/aromatic N) is 1. The number of sulfonamides is 1. The van der Waals surface area contributed by atoms with Crippen LogP contribution in [0.4, 0.5) is 5.69 Å². The Kier molecular flexibility index (Phi) is 5.92. The van der Waals surface area contributed by atoms with E-state index in [0.29, 0.717) is 10.7 Å². The second kappa shape index (κ2) is 8.49. The van der Waals surface area contributed by atoms with Crippen LogP contribution in [0.2, 0.25) is 5.02 Å². The summed E-state index contributed by atoms with van der Waals surface area (Å²) < 4.78 is 34.3. The summed E-state index contributed by atoms with van der Waals surface area (Å²) in [4.78, 5) is 4.64. The number of fused-ring (bicyclic) bond motifs is 1. The van der Waals surface area contributed by atoms with E-state index in [1.165, 1.54) is 11.3 Å². The Morgan fingerprint density at radius 3 is 2.61 bits per heavy atom. The third-order valence-electron chi connectivity index (χ3n) is 4.92. The number of ether oxygens (including phenoxy) is 1. The molecule has 4 aromatic rings. The van der Waals surface area contributed by atoms with Gasteiger partial charge < -0.3 is 4.74 Å². The van der Waals surface area contributed by atoms with E-state index in [4.69, 9.17) is 16.3 Å². The first-order valence-corrected chi connectivity index (χ1v) is 12.4. The number of nitrogens with one attached hydrogen (secondary N) is 1. The molecule has 0 bridgehead atoms. The molecule has 5 nitrogen and oxygen atoms in total. The molecule has 8 heteroatoms. The van der Waals surface area contributed by atoms with Crippen LogP contribution in [0.25, 0.3) is 20.8 Å². The Bertz CT molecular complexity index is 1380. The predicted octanol–water partition coefficient (Wildman–Crippen LogP) is 6.18. The molecule has 0 radical (unpaired) electrons. The van der Waals surface area contributed by atoms with Crippen molar-refractivity contribution in [2.45, 2.75) is 19.6 Å². The molecule has 4 rings (SSSR count). The lowest BCUT2D eigenvalue weighted by molar-refractivity contribution is 0.415. The van der Waals surface area contributed by atoms with E-state index in [-0.39, 0.29) is 5.75 Å². The fourth-order valence-corrected chi connectivity index (χ4v) is 5.91. The zero-order valence-corrected chi connectivity index (χ0v) is 19.7. The van der Waals surface area contributed by atoms with Crippen LogP contribution in [-0.2, 0) is 15.8 Å². The molecule has 0 fully saturated rings. The zero-order chi connectivity index (χ0) is 22.2. The molecule has 0 amide bonds. The zero-order valence-electron chi connectivity index (χ0n) is 17.3.